The van der Waals surface area contributed by atoms with E-state index in [4.69, 9.17) is 5.84 Å². The van der Waals surface area contributed by atoms with Gasteiger partial charge in [0.2, 0.25) is 0 Å². The third-order valence-corrected chi connectivity index (χ3v) is 5.22. The summed E-state index contributed by atoms with van der Waals surface area (Å²) in [6, 6.07) is 7.07. The van der Waals surface area contributed by atoms with Crippen molar-refractivity contribution in [3.8, 4) is 0 Å². The Kier molecular flexibility index (Phi) is 4.84. The first-order chi connectivity index (χ1) is 9.49. The Balaban J connectivity index is 2.21. The van der Waals surface area contributed by atoms with Gasteiger partial charge in [-0.1, -0.05) is 31.0 Å². The molecule has 0 spiro atoms. The molecule has 2 rings (SSSR count). The quantitative estimate of drug-likeness (QED) is 0.641. The van der Waals surface area contributed by atoms with Gasteiger partial charge in [-0.15, -0.1) is 0 Å². The molecule has 0 heterocycles. The minimum atomic E-state index is 0.202. The highest BCUT2D eigenvalue weighted by Crippen LogP contribution is 2.37. The minimum absolute atomic E-state index is 0.202. The molecule has 0 saturated heterocycles. The van der Waals surface area contributed by atoms with Crippen LogP contribution in [0.15, 0.2) is 18.2 Å². The van der Waals surface area contributed by atoms with Gasteiger partial charge in [-0.2, -0.15) is 0 Å². The van der Waals surface area contributed by atoms with Crippen LogP contribution < -0.4 is 11.3 Å². The van der Waals surface area contributed by atoms with Gasteiger partial charge in [0.05, 0.1) is 0 Å². The van der Waals surface area contributed by atoms with Gasteiger partial charge in [0.25, 0.3) is 0 Å². The van der Waals surface area contributed by atoms with Crippen LogP contribution in [0.5, 0.6) is 0 Å². The van der Waals surface area contributed by atoms with Crippen LogP contribution in [-0.2, 0) is 6.42 Å². The van der Waals surface area contributed by atoms with E-state index in [0.717, 1.165) is 6.42 Å². The molecule has 0 radical (unpaired) electrons. The summed E-state index contributed by atoms with van der Waals surface area (Å²) in [4.78, 5) is 2.38. The zero-order valence-electron chi connectivity index (χ0n) is 13.4. The molecular formula is C17H29N3. The number of aryl methyl sites for hydroxylation is 2. The maximum Gasteiger partial charge on any atom is 0.0434 e. The molecule has 112 valence electrons. The molecule has 1 aromatic carbocycles. The van der Waals surface area contributed by atoms with Crippen molar-refractivity contribution in [3.05, 3.63) is 34.9 Å². The topological polar surface area (TPSA) is 41.3 Å². The molecule has 1 fully saturated rings. The first-order valence-electron chi connectivity index (χ1n) is 7.69. The summed E-state index contributed by atoms with van der Waals surface area (Å²) in [5.74, 6) is 5.91. The first kappa shape index (κ1) is 15.5. The Morgan fingerprint density at radius 2 is 1.85 bits per heavy atom. The SMILES string of the molecule is Cc1ccc(CC(NN)C2(N(C)C)CCCC2)cc1C. The third kappa shape index (κ3) is 2.90. The van der Waals surface area contributed by atoms with E-state index >= 15 is 0 Å². The van der Waals surface area contributed by atoms with E-state index in [1.807, 2.05) is 0 Å². The summed E-state index contributed by atoms with van der Waals surface area (Å²) in [6.45, 7) is 4.34. The van der Waals surface area contributed by atoms with E-state index in [-0.39, 0.29) is 5.54 Å². The van der Waals surface area contributed by atoms with E-state index in [1.54, 1.807) is 0 Å². The Labute approximate surface area is 123 Å². The number of nitrogens with one attached hydrogen (secondary N) is 1. The van der Waals surface area contributed by atoms with Crippen LogP contribution in [0.4, 0.5) is 0 Å². The largest absolute Gasteiger partial charge is 0.302 e. The number of hydrazine groups is 1. The number of rotatable bonds is 5. The smallest absolute Gasteiger partial charge is 0.0434 e. The van der Waals surface area contributed by atoms with Gasteiger partial charge in [-0.3, -0.25) is 11.3 Å². The Bertz CT molecular complexity index is 448. The average Bonchev–Trinajstić information content (AvgIpc) is 2.90. The number of nitrogens with two attached hydrogens (primary N) is 1. The molecule has 0 bridgehead atoms. The maximum absolute atomic E-state index is 5.91. The lowest BCUT2D eigenvalue weighted by Crippen LogP contribution is -2.60. The van der Waals surface area contributed by atoms with Gasteiger partial charge in [0.15, 0.2) is 0 Å². The number of hydrogen-bond acceptors (Lipinski definition) is 3. The second-order valence-electron chi connectivity index (χ2n) is 6.55. The second kappa shape index (κ2) is 6.25. The summed E-state index contributed by atoms with van der Waals surface area (Å²) in [7, 11) is 4.38. The van der Waals surface area contributed by atoms with Gasteiger partial charge < -0.3 is 4.90 Å². The number of hydrogen-bond donors (Lipinski definition) is 2. The second-order valence-corrected chi connectivity index (χ2v) is 6.55. The van der Waals surface area contributed by atoms with Crippen molar-refractivity contribution in [1.82, 2.24) is 10.3 Å². The van der Waals surface area contributed by atoms with Gasteiger partial charge >= 0.3 is 0 Å². The molecule has 1 atom stereocenters. The van der Waals surface area contributed by atoms with Crippen molar-refractivity contribution in [3.63, 3.8) is 0 Å². The van der Waals surface area contributed by atoms with Crippen LogP contribution >= 0.6 is 0 Å². The number of benzene rings is 1. The lowest BCUT2D eigenvalue weighted by molar-refractivity contribution is 0.104. The Morgan fingerprint density at radius 3 is 2.35 bits per heavy atom. The lowest BCUT2D eigenvalue weighted by Gasteiger charge is -2.43. The highest BCUT2D eigenvalue weighted by molar-refractivity contribution is 5.31. The molecule has 1 aliphatic rings. The van der Waals surface area contributed by atoms with Crippen LogP contribution in [0.3, 0.4) is 0 Å². The van der Waals surface area contributed by atoms with Gasteiger partial charge in [0.1, 0.15) is 0 Å². The summed E-state index contributed by atoms with van der Waals surface area (Å²) < 4.78 is 0. The normalized spacial score (nSPS) is 19.5. The molecule has 3 N–H and O–H groups in total. The van der Waals surface area contributed by atoms with Gasteiger partial charge in [0, 0.05) is 11.6 Å². The summed E-state index contributed by atoms with van der Waals surface area (Å²) in [5.41, 5.74) is 7.41. The molecule has 3 heteroatoms. The zero-order valence-corrected chi connectivity index (χ0v) is 13.4. The van der Waals surface area contributed by atoms with Crippen LogP contribution in [0.1, 0.15) is 42.4 Å². The highest BCUT2D eigenvalue weighted by Gasteiger charge is 2.42. The molecular weight excluding hydrogens is 246 g/mol. The fourth-order valence-electron chi connectivity index (χ4n) is 3.66. The van der Waals surface area contributed by atoms with Crippen LogP contribution in [-0.4, -0.2) is 30.6 Å². The monoisotopic (exact) mass is 275 g/mol. The molecule has 3 nitrogen and oxygen atoms in total. The van der Waals surface area contributed by atoms with Crippen LogP contribution in [0.25, 0.3) is 0 Å². The van der Waals surface area contributed by atoms with Crippen molar-refractivity contribution in [1.29, 1.82) is 0 Å². The molecule has 1 unspecified atom stereocenters. The number of nitrogens with zero attached hydrogens (tertiary/aromatic N) is 1. The highest BCUT2D eigenvalue weighted by atomic mass is 15.3. The van der Waals surface area contributed by atoms with E-state index in [1.165, 1.54) is 42.4 Å². The molecule has 20 heavy (non-hydrogen) atoms. The molecule has 1 saturated carbocycles. The van der Waals surface area contributed by atoms with Gasteiger partial charge in [-0.05, 0) is 63.9 Å². The summed E-state index contributed by atoms with van der Waals surface area (Å²) in [6.07, 6.45) is 6.09. The predicted octanol–water partition coefficient (Wildman–Crippen LogP) is 2.55. The zero-order chi connectivity index (χ0) is 14.8. The van der Waals surface area contributed by atoms with E-state index in [9.17, 15) is 0 Å². The summed E-state index contributed by atoms with van der Waals surface area (Å²) in [5, 5.41) is 0. The molecule has 0 aliphatic heterocycles. The minimum Gasteiger partial charge on any atom is -0.302 e. The molecule has 0 amide bonds. The van der Waals surface area contributed by atoms with E-state index < -0.39 is 0 Å². The fraction of sp³-hybridized carbons (Fsp3) is 0.647. The predicted molar refractivity (Wildman–Crippen MR) is 85.6 cm³/mol. The molecule has 1 aliphatic carbocycles. The van der Waals surface area contributed by atoms with E-state index in [0.29, 0.717) is 6.04 Å². The fourth-order valence-corrected chi connectivity index (χ4v) is 3.66. The van der Waals surface area contributed by atoms with Crippen molar-refractivity contribution in [2.75, 3.05) is 14.1 Å². The summed E-state index contributed by atoms with van der Waals surface area (Å²) >= 11 is 0. The maximum atomic E-state index is 5.91. The molecule has 1 aromatic rings. The number of likely N-dealkylation sites (N-methyl/N-ethyl adjacent to an activating group) is 1. The van der Waals surface area contributed by atoms with Gasteiger partial charge in [-0.25, -0.2) is 0 Å². The Morgan fingerprint density at radius 1 is 1.20 bits per heavy atom. The van der Waals surface area contributed by atoms with Crippen molar-refractivity contribution in [2.45, 2.75) is 57.5 Å². The van der Waals surface area contributed by atoms with Crippen molar-refractivity contribution < 1.29 is 0 Å². The van der Waals surface area contributed by atoms with E-state index in [2.05, 4.69) is 56.5 Å². The van der Waals surface area contributed by atoms with Crippen molar-refractivity contribution in [2.24, 2.45) is 5.84 Å². The Hall–Kier alpha value is -0.900. The van der Waals surface area contributed by atoms with Crippen molar-refractivity contribution >= 4 is 0 Å². The van der Waals surface area contributed by atoms with Crippen LogP contribution in [0, 0.1) is 13.8 Å². The molecule has 0 aromatic heterocycles. The van der Waals surface area contributed by atoms with Crippen LogP contribution in [0.2, 0.25) is 0 Å². The first-order valence-corrected chi connectivity index (χ1v) is 7.69. The third-order valence-electron chi connectivity index (χ3n) is 5.22. The average molecular weight is 275 g/mol. The lowest BCUT2D eigenvalue weighted by atomic mass is 9.83. The standard InChI is InChI=1S/C17H29N3/c1-13-7-8-15(11-14(13)2)12-16(19-18)17(20(3)4)9-5-6-10-17/h7-8,11,16,19H,5-6,9-10,12,18H2,1-4H3.